The molecule has 0 aromatic carbocycles. The van der Waals surface area contributed by atoms with Crippen LogP contribution in [0.4, 0.5) is 0 Å². The Hall–Kier alpha value is -1.43. The first-order chi connectivity index (χ1) is 8.18. The number of carboxylic acids is 1. The number of carboxylic acid groups (broad SMARTS) is 1. The van der Waals surface area contributed by atoms with Crippen LogP contribution in [0.2, 0.25) is 0 Å². The van der Waals surface area contributed by atoms with E-state index in [2.05, 4.69) is 4.37 Å². The van der Waals surface area contributed by atoms with E-state index in [9.17, 15) is 9.59 Å². The molecule has 1 N–H and O–H groups in total. The third kappa shape index (κ3) is 1.55. The van der Waals surface area contributed by atoms with E-state index in [0.717, 1.165) is 12.8 Å². The van der Waals surface area contributed by atoms with Gasteiger partial charge in [-0.2, -0.15) is 4.37 Å². The van der Waals surface area contributed by atoms with Crippen LogP contribution in [-0.4, -0.2) is 38.3 Å². The molecule has 17 heavy (non-hydrogen) atoms. The molecule has 6 heteroatoms. The van der Waals surface area contributed by atoms with Crippen LogP contribution in [0.25, 0.3) is 0 Å². The third-order valence-corrected chi connectivity index (χ3v) is 4.31. The Morgan fingerprint density at radius 3 is 2.88 bits per heavy atom. The molecule has 2 fully saturated rings. The van der Waals surface area contributed by atoms with E-state index in [1.54, 1.807) is 16.3 Å². The predicted octanol–water partition coefficient (Wildman–Crippen LogP) is 1.22. The van der Waals surface area contributed by atoms with Crippen LogP contribution in [0, 0.1) is 5.92 Å². The average Bonchev–Trinajstić information content (AvgIpc) is 3.03. The van der Waals surface area contributed by atoms with Crippen LogP contribution in [0.15, 0.2) is 11.4 Å². The van der Waals surface area contributed by atoms with E-state index < -0.39 is 11.9 Å². The molecular formula is C11H12N2O3S. The molecule has 2 bridgehead atoms. The minimum atomic E-state index is -0.784. The Morgan fingerprint density at radius 2 is 2.29 bits per heavy atom. The second kappa shape index (κ2) is 3.80. The Bertz CT molecular complexity index is 459. The van der Waals surface area contributed by atoms with Gasteiger partial charge in [0, 0.05) is 17.5 Å². The second-order valence-corrected chi connectivity index (χ2v) is 5.24. The number of rotatable bonds is 2. The SMILES string of the molecule is O=C(O)[C@@H]1C[C@H]2CC[C@@H]1N2C(=O)c1ccsn1. The number of aliphatic carboxylic acids is 1. The van der Waals surface area contributed by atoms with Crippen LogP contribution in [0.5, 0.6) is 0 Å². The van der Waals surface area contributed by atoms with Crippen LogP contribution in [0.1, 0.15) is 29.8 Å². The minimum Gasteiger partial charge on any atom is -0.481 e. The first-order valence-corrected chi connectivity index (χ1v) is 6.48. The lowest BCUT2D eigenvalue weighted by atomic mass is 9.89. The van der Waals surface area contributed by atoms with Crippen molar-refractivity contribution >= 4 is 23.4 Å². The van der Waals surface area contributed by atoms with Crippen molar-refractivity contribution in [2.75, 3.05) is 0 Å². The topological polar surface area (TPSA) is 70.5 Å². The maximum Gasteiger partial charge on any atom is 0.308 e. The first-order valence-electron chi connectivity index (χ1n) is 5.64. The number of carbonyl (C=O) groups excluding carboxylic acids is 1. The molecule has 0 unspecified atom stereocenters. The van der Waals surface area contributed by atoms with Crippen LogP contribution < -0.4 is 0 Å². The molecule has 3 atom stereocenters. The Morgan fingerprint density at radius 1 is 1.47 bits per heavy atom. The fraction of sp³-hybridized carbons (Fsp3) is 0.545. The highest BCUT2D eigenvalue weighted by Gasteiger charge is 2.51. The number of amides is 1. The molecule has 1 aromatic heterocycles. The summed E-state index contributed by atoms with van der Waals surface area (Å²) in [5.41, 5.74) is 0.443. The van der Waals surface area contributed by atoms with Crippen LogP contribution >= 0.6 is 11.5 Å². The maximum atomic E-state index is 12.2. The molecule has 0 saturated carbocycles. The lowest BCUT2D eigenvalue weighted by Crippen LogP contribution is -2.38. The lowest BCUT2D eigenvalue weighted by molar-refractivity contribution is -0.142. The largest absolute Gasteiger partial charge is 0.481 e. The number of carbonyl (C=O) groups is 2. The molecule has 0 aliphatic carbocycles. The highest BCUT2D eigenvalue weighted by molar-refractivity contribution is 7.03. The minimum absolute atomic E-state index is 0.0929. The van der Waals surface area contributed by atoms with Crippen molar-refractivity contribution in [1.29, 1.82) is 0 Å². The molecular weight excluding hydrogens is 240 g/mol. The van der Waals surface area contributed by atoms with Crippen molar-refractivity contribution in [2.45, 2.75) is 31.3 Å². The van der Waals surface area contributed by atoms with Crippen molar-refractivity contribution in [2.24, 2.45) is 5.92 Å². The number of nitrogens with zero attached hydrogens (tertiary/aromatic N) is 2. The van der Waals surface area contributed by atoms with E-state index in [1.807, 2.05) is 0 Å². The van der Waals surface area contributed by atoms with Gasteiger partial charge >= 0.3 is 5.97 Å². The zero-order chi connectivity index (χ0) is 12.0. The van der Waals surface area contributed by atoms with Crippen LogP contribution in [-0.2, 0) is 4.79 Å². The van der Waals surface area contributed by atoms with Gasteiger partial charge in [-0.15, -0.1) is 0 Å². The Balaban J connectivity index is 1.86. The number of hydrogen-bond acceptors (Lipinski definition) is 4. The average molecular weight is 252 g/mol. The Kier molecular flexibility index (Phi) is 2.39. The zero-order valence-corrected chi connectivity index (χ0v) is 9.89. The number of fused-ring (bicyclic) bond motifs is 2. The predicted molar refractivity (Wildman–Crippen MR) is 60.8 cm³/mol. The summed E-state index contributed by atoms with van der Waals surface area (Å²) in [6.07, 6.45) is 2.32. The summed E-state index contributed by atoms with van der Waals surface area (Å²) in [6, 6.07) is 1.66. The zero-order valence-electron chi connectivity index (χ0n) is 9.07. The fourth-order valence-corrected chi connectivity index (χ4v) is 3.53. The van der Waals surface area contributed by atoms with E-state index in [-0.39, 0.29) is 18.0 Å². The fourth-order valence-electron chi connectivity index (χ4n) is 3.03. The van der Waals surface area contributed by atoms with Crippen molar-refractivity contribution < 1.29 is 14.7 Å². The summed E-state index contributed by atoms with van der Waals surface area (Å²) in [5.74, 6) is -1.29. The van der Waals surface area contributed by atoms with Gasteiger partial charge in [0.05, 0.1) is 5.92 Å². The van der Waals surface area contributed by atoms with Crippen molar-refractivity contribution in [3.8, 4) is 0 Å². The summed E-state index contributed by atoms with van der Waals surface area (Å²) in [7, 11) is 0. The molecule has 0 spiro atoms. The van der Waals surface area contributed by atoms with Crippen molar-refractivity contribution in [1.82, 2.24) is 9.27 Å². The summed E-state index contributed by atoms with van der Waals surface area (Å²) in [6.45, 7) is 0. The van der Waals surface area contributed by atoms with E-state index in [0.29, 0.717) is 12.1 Å². The van der Waals surface area contributed by atoms with Gasteiger partial charge in [0.15, 0.2) is 0 Å². The molecule has 1 aromatic rings. The van der Waals surface area contributed by atoms with Gasteiger partial charge in [0.25, 0.3) is 5.91 Å². The second-order valence-electron chi connectivity index (χ2n) is 4.58. The van der Waals surface area contributed by atoms with Gasteiger partial charge in [0.2, 0.25) is 0 Å². The van der Waals surface area contributed by atoms with Gasteiger partial charge < -0.3 is 10.0 Å². The highest BCUT2D eigenvalue weighted by atomic mass is 32.1. The van der Waals surface area contributed by atoms with Gasteiger partial charge in [-0.1, -0.05) is 0 Å². The van der Waals surface area contributed by atoms with Crippen LogP contribution in [0.3, 0.4) is 0 Å². The first kappa shape index (κ1) is 10.7. The normalized spacial score (nSPS) is 30.8. The molecule has 1 amide bonds. The molecule has 3 rings (SSSR count). The Labute approximate surface area is 102 Å². The van der Waals surface area contributed by atoms with Gasteiger partial charge in [-0.25, -0.2) is 0 Å². The standard InChI is InChI=1S/C11H12N2O3S/c14-10(8-3-4-17-12-8)13-6-1-2-9(13)7(5-6)11(15)16/h3-4,6-7,9H,1-2,5H2,(H,15,16)/t6-,7-,9+/m1/s1. The smallest absolute Gasteiger partial charge is 0.308 e. The molecule has 5 nitrogen and oxygen atoms in total. The van der Waals surface area contributed by atoms with Gasteiger partial charge in [-0.05, 0) is 36.9 Å². The molecule has 2 saturated heterocycles. The summed E-state index contributed by atoms with van der Waals surface area (Å²) >= 11 is 1.24. The van der Waals surface area contributed by atoms with E-state index in [4.69, 9.17) is 5.11 Å². The molecule has 3 heterocycles. The van der Waals surface area contributed by atoms with Crippen molar-refractivity contribution in [3.05, 3.63) is 17.1 Å². The maximum absolute atomic E-state index is 12.2. The number of hydrogen-bond donors (Lipinski definition) is 1. The van der Waals surface area contributed by atoms with E-state index in [1.165, 1.54) is 11.5 Å². The molecule has 2 aliphatic rings. The summed E-state index contributed by atoms with van der Waals surface area (Å²) < 4.78 is 4.03. The lowest BCUT2D eigenvalue weighted by Gasteiger charge is -2.21. The monoisotopic (exact) mass is 252 g/mol. The number of aromatic nitrogens is 1. The molecule has 90 valence electrons. The van der Waals surface area contributed by atoms with Gasteiger partial charge in [0.1, 0.15) is 5.69 Å². The summed E-state index contributed by atoms with van der Waals surface area (Å²) in [5, 5.41) is 10.9. The van der Waals surface area contributed by atoms with E-state index >= 15 is 0 Å². The third-order valence-electron chi connectivity index (χ3n) is 3.75. The van der Waals surface area contributed by atoms with Gasteiger partial charge in [-0.3, -0.25) is 9.59 Å². The summed E-state index contributed by atoms with van der Waals surface area (Å²) in [4.78, 5) is 25.1. The highest BCUT2D eigenvalue weighted by Crippen LogP contribution is 2.42. The van der Waals surface area contributed by atoms with Crippen molar-refractivity contribution in [3.63, 3.8) is 0 Å². The molecule has 0 radical (unpaired) electrons. The molecule has 2 aliphatic heterocycles. The quantitative estimate of drug-likeness (QED) is 0.859.